The Morgan fingerprint density at radius 1 is 1.35 bits per heavy atom. The summed E-state index contributed by atoms with van der Waals surface area (Å²) in [5.41, 5.74) is 0.468. The number of nitrogens with zero attached hydrogens (tertiary/aromatic N) is 1. The minimum Gasteiger partial charge on any atom is -0.494 e. The molecule has 0 saturated heterocycles. The summed E-state index contributed by atoms with van der Waals surface area (Å²) >= 11 is 0. The fourth-order valence-electron chi connectivity index (χ4n) is 1.54. The van der Waals surface area contributed by atoms with Crippen molar-refractivity contribution in [2.75, 3.05) is 13.2 Å². The largest absolute Gasteiger partial charge is 0.494 e. The summed E-state index contributed by atoms with van der Waals surface area (Å²) in [6, 6.07) is 5.18. The molecule has 2 rings (SSSR count). The molecule has 2 N–H and O–H groups in total. The molecule has 0 unspecified atom stereocenters. The molecule has 1 aromatic heterocycles. The maximum absolute atomic E-state index is 11.4. The number of aromatic amines is 1. The van der Waals surface area contributed by atoms with Gasteiger partial charge in [-0.2, -0.15) is 0 Å². The average Bonchev–Trinajstić information content (AvgIpc) is 2.35. The molecule has 0 spiro atoms. The van der Waals surface area contributed by atoms with Gasteiger partial charge in [-0.25, -0.2) is 4.98 Å². The van der Waals surface area contributed by atoms with E-state index < -0.39 is 0 Å². The average molecular weight is 234 g/mol. The Bertz CT molecular complexity index is 551. The SMILES string of the molecule is O=c1[nH]cnc2cc(OCCCCO)ccc12. The first kappa shape index (κ1) is 11.6. The van der Waals surface area contributed by atoms with Crippen LogP contribution in [0.15, 0.2) is 29.3 Å². The molecule has 0 aliphatic heterocycles. The van der Waals surface area contributed by atoms with Gasteiger partial charge in [0.25, 0.3) is 5.56 Å². The van der Waals surface area contributed by atoms with Crippen molar-refractivity contribution in [2.45, 2.75) is 12.8 Å². The number of benzene rings is 1. The number of nitrogens with one attached hydrogen (secondary N) is 1. The number of ether oxygens (including phenoxy) is 1. The molecular formula is C12H14N2O3. The zero-order chi connectivity index (χ0) is 12.1. The van der Waals surface area contributed by atoms with Gasteiger partial charge >= 0.3 is 0 Å². The normalized spacial score (nSPS) is 10.6. The lowest BCUT2D eigenvalue weighted by atomic mass is 10.2. The van der Waals surface area contributed by atoms with E-state index in [0.29, 0.717) is 23.3 Å². The van der Waals surface area contributed by atoms with E-state index in [0.717, 1.165) is 12.8 Å². The first-order valence-corrected chi connectivity index (χ1v) is 5.52. The summed E-state index contributed by atoms with van der Waals surface area (Å²) in [4.78, 5) is 18.0. The van der Waals surface area contributed by atoms with Gasteiger partial charge in [0.2, 0.25) is 0 Å². The molecule has 0 atom stereocenters. The second kappa shape index (κ2) is 5.45. The molecule has 5 nitrogen and oxygen atoms in total. The number of aliphatic hydroxyl groups excluding tert-OH is 1. The van der Waals surface area contributed by atoms with Crippen LogP contribution in [0.2, 0.25) is 0 Å². The molecule has 0 aliphatic carbocycles. The molecule has 0 aliphatic rings. The number of fused-ring (bicyclic) bond motifs is 1. The standard InChI is InChI=1S/C12H14N2O3/c15-5-1-2-6-17-9-3-4-10-11(7-9)13-8-14-12(10)16/h3-4,7-8,15H,1-2,5-6H2,(H,13,14,16). The molecule has 90 valence electrons. The molecule has 0 bridgehead atoms. The Morgan fingerprint density at radius 2 is 2.24 bits per heavy atom. The molecule has 2 aromatic rings. The van der Waals surface area contributed by atoms with Crippen molar-refractivity contribution in [1.82, 2.24) is 9.97 Å². The van der Waals surface area contributed by atoms with Crippen LogP contribution in [0.3, 0.4) is 0 Å². The van der Waals surface area contributed by atoms with Gasteiger partial charge in [0.15, 0.2) is 0 Å². The molecule has 17 heavy (non-hydrogen) atoms. The van der Waals surface area contributed by atoms with Crippen LogP contribution in [-0.4, -0.2) is 28.3 Å². The Kier molecular flexibility index (Phi) is 3.72. The third-order valence-corrected chi connectivity index (χ3v) is 2.43. The third kappa shape index (κ3) is 2.82. The van der Waals surface area contributed by atoms with Crippen molar-refractivity contribution in [3.63, 3.8) is 0 Å². The molecule has 1 heterocycles. The van der Waals surface area contributed by atoms with Gasteiger partial charge in [-0.15, -0.1) is 0 Å². The molecule has 0 radical (unpaired) electrons. The lowest BCUT2D eigenvalue weighted by Crippen LogP contribution is -2.06. The van der Waals surface area contributed by atoms with E-state index in [4.69, 9.17) is 9.84 Å². The predicted molar refractivity (Wildman–Crippen MR) is 64.2 cm³/mol. The summed E-state index contributed by atoms with van der Waals surface area (Å²) in [7, 11) is 0. The minimum atomic E-state index is -0.151. The van der Waals surface area contributed by atoms with Gasteiger partial charge in [-0.05, 0) is 25.0 Å². The van der Waals surface area contributed by atoms with Gasteiger partial charge in [0.1, 0.15) is 5.75 Å². The highest BCUT2D eigenvalue weighted by molar-refractivity contribution is 5.78. The zero-order valence-electron chi connectivity index (χ0n) is 9.35. The van der Waals surface area contributed by atoms with Crippen LogP contribution in [0.5, 0.6) is 5.75 Å². The summed E-state index contributed by atoms with van der Waals surface area (Å²) in [6.45, 7) is 0.729. The highest BCUT2D eigenvalue weighted by atomic mass is 16.5. The highest BCUT2D eigenvalue weighted by Gasteiger charge is 2.01. The highest BCUT2D eigenvalue weighted by Crippen LogP contribution is 2.16. The van der Waals surface area contributed by atoms with E-state index in [2.05, 4.69) is 9.97 Å². The van der Waals surface area contributed by atoms with Gasteiger partial charge in [-0.1, -0.05) is 0 Å². The molecule has 0 fully saturated rings. The lowest BCUT2D eigenvalue weighted by Gasteiger charge is -2.05. The molecule has 0 amide bonds. The van der Waals surface area contributed by atoms with Gasteiger partial charge in [-0.3, -0.25) is 4.79 Å². The van der Waals surface area contributed by atoms with Crippen LogP contribution in [0.1, 0.15) is 12.8 Å². The monoisotopic (exact) mass is 234 g/mol. The summed E-state index contributed by atoms with van der Waals surface area (Å²) < 4.78 is 5.49. The number of aliphatic hydroxyl groups is 1. The second-order valence-corrected chi connectivity index (χ2v) is 3.69. The number of hydrogen-bond donors (Lipinski definition) is 2. The fraction of sp³-hybridized carbons (Fsp3) is 0.333. The van der Waals surface area contributed by atoms with Crippen LogP contribution in [-0.2, 0) is 0 Å². The van der Waals surface area contributed by atoms with E-state index in [-0.39, 0.29) is 12.2 Å². The van der Waals surface area contributed by atoms with Gasteiger partial charge in [0, 0.05) is 12.7 Å². The van der Waals surface area contributed by atoms with E-state index in [1.54, 1.807) is 18.2 Å². The number of aromatic nitrogens is 2. The van der Waals surface area contributed by atoms with Crippen LogP contribution in [0.25, 0.3) is 10.9 Å². The summed E-state index contributed by atoms with van der Waals surface area (Å²) in [5.74, 6) is 0.688. The van der Waals surface area contributed by atoms with Gasteiger partial charge < -0.3 is 14.8 Å². The van der Waals surface area contributed by atoms with Crippen molar-refractivity contribution in [3.8, 4) is 5.75 Å². The quantitative estimate of drug-likeness (QED) is 0.759. The lowest BCUT2D eigenvalue weighted by molar-refractivity contribution is 0.253. The number of hydrogen-bond acceptors (Lipinski definition) is 4. The van der Waals surface area contributed by atoms with Crippen molar-refractivity contribution in [1.29, 1.82) is 0 Å². The molecule has 5 heteroatoms. The summed E-state index contributed by atoms with van der Waals surface area (Å²) in [6.07, 6.45) is 2.91. The Hall–Kier alpha value is -1.88. The van der Waals surface area contributed by atoms with E-state index in [1.165, 1.54) is 6.33 Å². The zero-order valence-corrected chi connectivity index (χ0v) is 9.35. The fourth-order valence-corrected chi connectivity index (χ4v) is 1.54. The maximum atomic E-state index is 11.4. The second-order valence-electron chi connectivity index (χ2n) is 3.69. The molecule has 1 aromatic carbocycles. The van der Waals surface area contributed by atoms with E-state index in [1.807, 2.05) is 0 Å². The van der Waals surface area contributed by atoms with Crippen molar-refractivity contribution >= 4 is 10.9 Å². The first-order chi connectivity index (χ1) is 8.31. The van der Waals surface area contributed by atoms with E-state index in [9.17, 15) is 4.79 Å². The predicted octanol–water partition coefficient (Wildman–Crippen LogP) is 1.07. The maximum Gasteiger partial charge on any atom is 0.258 e. The van der Waals surface area contributed by atoms with Crippen molar-refractivity contribution in [2.24, 2.45) is 0 Å². The Labute approximate surface area is 98.1 Å². The molecular weight excluding hydrogens is 220 g/mol. The smallest absolute Gasteiger partial charge is 0.258 e. The summed E-state index contributed by atoms with van der Waals surface area (Å²) in [5, 5.41) is 9.18. The number of unbranched alkanes of at least 4 members (excludes halogenated alkanes) is 1. The minimum absolute atomic E-state index is 0.151. The first-order valence-electron chi connectivity index (χ1n) is 5.52. The number of rotatable bonds is 5. The van der Waals surface area contributed by atoms with Crippen LogP contribution in [0.4, 0.5) is 0 Å². The Morgan fingerprint density at radius 3 is 3.06 bits per heavy atom. The van der Waals surface area contributed by atoms with Gasteiger partial charge in [0.05, 0.1) is 23.8 Å². The Balaban J connectivity index is 2.12. The topological polar surface area (TPSA) is 75.2 Å². The van der Waals surface area contributed by atoms with Crippen molar-refractivity contribution < 1.29 is 9.84 Å². The third-order valence-electron chi connectivity index (χ3n) is 2.43. The number of H-pyrrole nitrogens is 1. The van der Waals surface area contributed by atoms with E-state index >= 15 is 0 Å². The molecule has 0 saturated carbocycles. The van der Waals surface area contributed by atoms with Crippen LogP contribution in [0, 0.1) is 0 Å². The van der Waals surface area contributed by atoms with Crippen LogP contribution < -0.4 is 10.3 Å². The van der Waals surface area contributed by atoms with Crippen molar-refractivity contribution in [3.05, 3.63) is 34.9 Å². The van der Waals surface area contributed by atoms with Crippen LogP contribution >= 0.6 is 0 Å².